The number of nitrogens with zero attached hydrogens (tertiary/aromatic N) is 3. The van der Waals surface area contributed by atoms with Crippen molar-refractivity contribution in [2.75, 3.05) is 0 Å². The van der Waals surface area contributed by atoms with Crippen LogP contribution in [0.1, 0.15) is 18.4 Å². The van der Waals surface area contributed by atoms with Crippen LogP contribution in [0.15, 0.2) is 156 Å². The summed E-state index contributed by atoms with van der Waals surface area (Å²) in [6.07, 6.45) is 8.80. The fraction of sp³-hybridized carbons (Fsp3) is 0.0455. The molecule has 0 amide bonds. The first-order valence-electron chi connectivity index (χ1n) is 16.5. The van der Waals surface area contributed by atoms with Gasteiger partial charge in [0.1, 0.15) is 11.2 Å². The van der Waals surface area contributed by atoms with Gasteiger partial charge >= 0.3 is 0 Å². The number of benzene rings is 6. The van der Waals surface area contributed by atoms with E-state index in [-0.39, 0.29) is 0 Å². The Morgan fingerprint density at radius 1 is 0.583 bits per heavy atom. The molecule has 0 spiro atoms. The summed E-state index contributed by atoms with van der Waals surface area (Å²) in [7, 11) is 0. The summed E-state index contributed by atoms with van der Waals surface area (Å²) in [5.41, 5.74) is 11.6. The molecule has 3 aromatic heterocycles. The van der Waals surface area contributed by atoms with Gasteiger partial charge in [0.2, 0.25) is 0 Å². The van der Waals surface area contributed by atoms with E-state index in [1.165, 1.54) is 32.9 Å². The molecule has 3 heterocycles. The maximum absolute atomic E-state index is 6.65. The predicted octanol–water partition coefficient (Wildman–Crippen LogP) is 11.7. The van der Waals surface area contributed by atoms with Crippen molar-refractivity contribution in [3.8, 4) is 28.3 Å². The Kier molecular flexibility index (Phi) is 5.97. The average molecular weight is 616 g/mol. The van der Waals surface area contributed by atoms with Crippen LogP contribution in [-0.2, 0) is 0 Å². The van der Waals surface area contributed by atoms with E-state index in [1.54, 1.807) is 0 Å². The molecule has 10 rings (SSSR count). The Morgan fingerprint density at radius 3 is 2.29 bits per heavy atom. The first-order valence-corrected chi connectivity index (χ1v) is 16.5. The van der Waals surface area contributed by atoms with Gasteiger partial charge in [-0.1, -0.05) is 109 Å². The second kappa shape index (κ2) is 10.6. The van der Waals surface area contributed by atoms with Crippen LogP contribution in [0.2, 0.25) is 0 Å². The number of fused-ring (bicyclic) bond motifs is 7. The zero-order valence-electron chi connectivity index (χ0n) is 26.1. The SMILES string of the molecule is C1=CCCC(c2ccc3c4ccccc4n(-c4ccc5c(c4)oc4cccc(-c6nc(-c7ccccc7)nc7ccccc67)c45)c3c2)=C1. The lowest BCUT2D eigenvalue weighted by molar-refractivity contribution is 0.668. The van der Waals surface area contributed by atoms with Gasteiger partial charge in [0, 0.05) is 49.8 Å². The smallest absolute Gasteiger partial charge is 0.160 e. The second-order valence-corrected chi connectivity index (χ2v) is 12.5. The van der Waals surface area contributed by atoms with Gasteiger partial charge in [0.25, 0.3) is 0 Å². The molecule has 9 aromatic rings. The Morgan fingerprint density at radius 2 is 1.40 bits per heavy atom. The Balaban J connectivity index is 1.19. The number of furan rings is 1. The number of rotatable bonds is 4. The molecule has 0 bridgehead atoms. The van der Waals surface area contributed by atoms with Gasteiger partial charge in [-0.2, -0.15) is 0 Å². The van der Waals surface area contributed by atoms with Gasteiger partial charge in [0.15, 0.2) is 5.82 Å². The van der Waals surface area contributed by atoms with Gasteiger partial charge in [-0.3, -0.25) is 0 Å². The van der Waals surface area contributed by atoms with Crippen molar-refractivity contribution in [3.63, 3.8) is 0 Å². The van der Waals surface area contributed by atoms with E-state index in [0.717, 1.165) is 68.2 Å². The molecule has 226 valence electrons. The van der Waals surface area contributed by atoms with Crippen LogP contribution in [0.25, 0.3) is 88.6 Å². The van der Waals surface area contributed by atoms with Crippen molar-refractivity contribution >= 4 is 60.2 Å². The first-order chi connectivity index (χ1) is 23.8. The molecular formula is C44H29N3O. The van der Waals surface area contributed by atoms with Crippen molar-refractivity contribution in [3.05, 3.63) is 157 Å². The molecule has 4 heteroatoms. The molecule has 0 N–H and O–H groups in total. The lowest BCUT2D eigenvalue weighted by Crippen LogP contribution is -1.95. The molecule has 0 saturated carbocycles. The normalized spacial score (nSPS) is 13.3. The summed E-state index contributed by atoms with van der Waals surface area (Å²) in [6.45, 7) is 0. The molecule has 0 fully saturated rings. The van der Waals surface area contributed by atoms with Crippen LogP contribution in [0.5, 0.6) is 0 Å². The number of hydrogen-bond donors (Lipinski definition) is 0. The van der Waals surface area contributed by atoms with Gasteiger partial charge in [-0.15, -0.1) is 0 Å². The van der Waals surface area contributed by atoms with Crippen LogP contribution < -0.4 is 0 Å². The van der Waals surface area contributed by atoms with E-state index in [1.807, 2.05) is 24.3 Å². The Bertz CT molecular complexity index is 2780. The molecular weight excluding hydrogens is 587 g/mol. The highest BCUT2D eigenvalue weighted by atomic mass is 16.3. The van der Waals surface area contributed by atoms with E-state index < -0.39 is 0 Å². The highest BCUT2D eigenvalue weighted by Gasteiger charge is 2.19. The standard InChI is InChI=1S/C44H29N3O/c1-3-12-28(13-4-1)30-22-24-33-32-16-8-10-20-38(32)47(39(33)26-30)31-23-25-35-41(27-31)48-40-21-11-18-36(42(35)40)43-34-17-7-9-19-37(34)45-44(46-43)29-14-5-2-6-15-29/h1-3,5-12,14-27H,4,13H2. The molecule has 48 heavy (non-hydrogen) atoms. The Hall–Kier alpha value is -6.26. The van der Waals surface area contributed by atoms with Crippen molar-refractivity contribution in [1.29, 1.82) is 0 Å². The first kappa shape index (κ1) is 26.9. The Labute approximate surface area is 276 Å². The minimum atomic E-state index is 0.710. The molecule has 0 aliphatic heterocycles. The highest BCUT2D eigenvalue weighted by molar-refractivity contribution is 6.15. The van der Waals surface area contributed by atoms with Crippen molar-refractivity contribution in [1.82, 2.24) is 14.5 Å². The highest BCUT2D eigenvalue weighted by Crippen LogP contribution is 2.41. The largest absolute Gasteiger partial charge is 0.456 e. The topological polar surface area (TPSA) is 43.9 Å². The fourth-order valence-electron chi connectivity index (χ4n) is 7.44. The number of hydrogen-bond acceptors (Lipinski definition) is 3. The molecule has 0 unspecified atom stereocenters. The van der Waals surface area contributed by atoms with Crippen molar-refractivity contribution < 1.29 is 4.42 Å². The molecule has 4 nitrogen and oxygen atoms in total. The molecule has 1 aliphatic carbocycles. The van der Waals surface area contributed by atoms with Gasteiger partial charge < -0.3 is 8.98 Å². The van der Waals surface area contributed by atoms with Crippen LogP contribution in [0, 0.1) is 0 Å². The second-order valence-electron chi connectivity index (χ2n) is 12.5. The van der Waals surface area contributed by atoms with Crippen LogP contribution >= 0.6 is 0 Å². The quantitative estimate of drug-likeness (QED) is 0.198. The average Bonchev–Trinajstić information content (AvgIpc) is 3.70. The summed E-state index contributed by atoms with van der Waals surface area (Å²) < 4.78 is 9.03. The third kappa shape index (κ3) is 4.16. The maximum Gasteiger partial charge on any atom is 0.160 e. The van der Waals surface area contributed by atoms with E-state index in [4.69, 9.17) is 14.4 Å². The summed E-state index contributed by atoms with van der Waals surface area (Å²) >= 11 is 0. The lowest BCUT2D eigenvalue weighted by atomic mass is 9.96. The number of allylic oxidation sites excluding steroid dienone is 4. The summed E-state index contributed by atoms with van der Waals surface area (Å²) in [5.74, 6) is 0.710. The fourth-order valence-corrected chi connectivity index (χ4v) is 7.44. The number of para-hydroxylation sites is 2. The van der Waals surface area contributed by atoms with Crippen molar-refractivity contribution in [2.45, 2.75) is 12.8 Å². The van der Waals surface area contributed by atoms with E-state index in [2.05, 4.69) is 132 Å². The summed E-state index contributed by atoms with van der Waals surface area (Å²) in [4.78, 5) is 10.1. The molecule has 1 aliphatic rings. The predicted molar refractivity (Wildman–Crippen MR) is 198 cm³/mol. The van der Waals surface area contributed by atoms with Gasteiger partial charge in [0.05, 0.1) is 22.2 Å². The van der Waals surface area contributed by atoms with Crippen LogP contribution in [-0.4, -0.2) is 14.5 Å². The maximum atomic E-state index is 6.65. The summed E-state index contributed by atoms with van der Waals surface area (Å²) in [5, 5.41) is 5.63. The van der Waals surface area contributed by atoms with E-state index >= 15 is 0 Å². The van der Waals surface area contributed by atoms with Crippen LogP contribution in [0.4, 0.5) is 0 Å². The third-order valence-electron chi connectivity index (χ3n) is 9.69. The monoisotopic (exact) mass is 615 g/mol. The zero-order valence-corrected chi connectivity index (χ0v) is 26.1. The third-order valence-corrected chi connectivity index (χ3v) is 9.69. The van der Waals surface area contributed by atoms with E-state index in [0.29, 0.717) is 5.82 Å². The number of aromatic nitrogens is 3. The molecule has 0 radical (unpaired) electrons. The summed E-state index contributed by atoms with van der Waals surface area (Å²) in [6, 6.07) is 46.9. The zero-order chi connectivity index (χ0) is 31.6. The minimum Gasteiger partial charge on any atom is -0.456 e. The van der Waals surface area contributed by atoms with Crippen molar-refractivity contribution in [2.24, 2.45) is 0 Å². The minimum absolute atomic E-state index is 0.710. The lowest BCUT2D eigenvalue weighted by Gasteiger charge is -2.12. The molecule has 0 atom stereocenters. The van der Waals surface area contributed by atoms with Crippen LogP contribution in [0.3, 0.4) is 0 Å². The molecule has 0 saturated heterocycles. The van der Waals surface area contributed by atoms with E-state index in [9.17, 15) is 0 Å². The molecule has 6 aromatic carbocycles. The van der Waals surface area contributed by atoms with Gasteiger partial charge in [-0.05, 0) is 60.4 Å². The van der Waals surface area contributed by atoms with Gasteiger partial charge in [-0.25, -0.2) is 9.97 Å².